The number of ether oxygens (including phenoxy) is 1. The molecule has 0 bridgehead atoms. The first kappa shape index (κ1) is 19.9. The predicted molar refractivity (Wildman–Crippen MR) is 123 cm³/mol. The Hall–Kier alpha value is -1.80. The summed E-state index contributed by atoms with van der Waals surface area (Å²) in [6.07, 6.45) is 1.07. The number of benzene rings is 2. The van der Waals surface area contributed by atoms with Gasteiger partial charge in [0, 0.05) is 44.6 Å². The van der Waals surface area contributed by atoms with Crippen molar-refractivity contribution >= 4 is 41.3 Å². The number of nitrogens with zero attached hydrogens (tertiary/aromatic N) is 3. The third-order valence-corrected chi connectivity index (χ3v) is 5.13. The maximum Gasteiger partial charge on any atom is 0.198 e. The van der Waals surface area contributed by atoms with Gasteiger partial charge in [-0.05, 0) is 29.7 Å². The SMILES string of the molecule is CN=C(NCc1ccccc1N1CCOCC1)N1CCc2ccccc21.I. The lowest BCUT2D eigenvalue weighted by Gasteiger charge is -2.31. The van der Waals surface area contributed by atoms with Gasteiger partial charge in [-0.1, -0.05) is 36.4 Å². The van der Waals surface area contributed by atoms with Crippen LogP contribution in [0.1, 0.15) is 11.1 Å². The standard InChI is InChI=1S/C21H26N4O.HI/c1-22-21(25-11-10-17-6-2-5-9-20(17)25)23-16-18-7-3-4-8-19(18)24-12-14-26-15-13-24;/h2-9H,10-16H2,1H3,(H,22,23);1H. The van der Waals surface area contributed by atoms with Gasteiger partial charge in [0.1, 0.15) is 0 Å². The summed E-state index contributed by atoms with van der Waals surface area (Å²) in [5.74, 6) is 0.937. The van der Waals surface area contributed by atoms with Gasteiger partial charge in [-0.2, -0.15) is 0 Å². The maximum absolute atomic E-state index is 5.49. The number of hydrogen-bond acceptors (Lipinski definition) is 3. The molecule has 2 aliphatic rings. The van der Waals surface area contributed by atoms with Crippen molar-refractivity contribution in [3.8, 4) is 0 Å². The van der Waals surface area contributed by atoms with E-state index < -0.39 is 0 Å². The van der Waals surface area contributed by atoms with Gasteiger partial charge in [0.15, 0.2) is 5.96 Å². The van der Waals surface area contributed by atoms with E-state index >= 15 is 0 Å². The number of aliphatic imine (C=N–C) groups is 1. The van der Waals surface area contributed by atoms with E-state index in [1.165, 1.54) is 22.5 Å². The molecule has 0 amide bonds. The number of nitrogens with one attached hydrogen (secondary N) is 1. The second kappa shape index (κ2) is 9.41. The molecular formula is C21H27IN4O. The quantitative estimate of drug-likeness (QED) is 0.418. The summed E-state index contributed by atoms with van der Waals surface area (Å²) in [6.45, 7) is 5.24. The van der Waals surface area contributed by atoms with Crippen molar-refractivity contribution in [1.29, 1.82) is 0 Å². The zero-order chi connectivity index (χ0) is 17.8. The minimum absolute atomic E-state index is 0. The zero-order valence-electron chi connectivity index (χ0n) is 15.7. The van der Waals surface area contributed by atoms with E-state index in [1.807, 2.05) is 7.05 Å². The Kier molecular flexibility index (Phi) is 6.95. The zero-order valence-corrected chi connectivity index (χ0v) is 18.1. The van der Waals surface area contributed by atoms with Gasteiger partial charge in [-0.25, -0.2) is 0 Å². The summed E-state index contributed by atoms with van der Waals surface area (Å²) >= 11 is 0. The highest BCUT2D eigenvalue weighted by Crippen LogP contribution is 2.27. The van der Waals surface area contributed by atoms with E-state index in [1.54, 1.807) is 0 Å². The van der Waals surface area contributed by atoms with Gasteiger partial charge >= 0.3 is 0 Å². The monoisotopic (exact) mass is 478 g/mol. The molecule has 27 heavy (non-hydrogen) atoms. The lowest BCUT2D eigenvalue weighted by Crippen LogP contribution is -2.41. The molecule has 1 saturated heterocycles. The maximum atomic E-state index is 5.49. The smallest absolute Gasteiger partial charge is 0.198 e. The molecule has 2 aromatic rings. The van der Waals surface area contributed by atoms with Crippen molar-refractivity contribution < 1.29 is 4.74 Å². The van der Waals surface area contributed by atoms with Gasteiger partial charge in [0.25, 0.3) is 0 Å². The summed E-state index contributed by atoms with van der Waals surface area (Å²) in [4.78, 5) is 9.22. The fraction of sp³-hybridized carbons (Fsp3) is 0.381. The van der Waals surface area contributed by atoms with Crippen LogP contribution in [0.2, 0.25) is 0 Å². The number of morpholine rings is 1. The van der Waals surface area contributed by atoms with Crippen LogP contribution >= 0.6 is 24.0 Å². The molecule has 1 N–H and O–H groups in total. The van der Waals surface area contributed by atoms with E-state index in [2.05, 4.69) is 68.6 Å². The van der Waals surface area contributed by atoms with E-state index in [4.69, 9.17) is 4.74 Å². The number of fused-ring (bicyclic) bond motifs is 1. The molecule has 5 nitrogen and oxygen atoms in total. The molecule has 144 valence electrons. The summed E-state index contributed by atoms with van der Waals surface area (Å²) in [7, 11) is 1.86. The molecule has 2 heterocycles. The second-order valence-corrected chi connectivity index (χ2v) is 6.66. The third-order valence-electron chi connectivity index (χ3n) is 5.13. The molecule has 0 saturated carbocycles. The second-order valence-electron chi connectivity index (χ2n) is 6.66. The van der Waals surface area contributed by atoms with Crippen LogP contribution in [0.15, 0.2) is 53.5 Å². The highest BCUT2D eigenvalue weighted by molar-refractivity contribution is 14.0. The van der Waals surface area contributed by atoms with Crippen molar-refractivity contribution in [2.45, 2.75) is 13.0 Å². The van der Waals surface area contributed by atoms with Crippen molar-refractivity contribution in [3.05, 3.63) is 59.7 Å². The normalized spacial score (nSPS) is 16.7. The molecular weight excluding hydrogens is 451 g/mol. The molecule has 4 rings (SSSR count). The predicted octanol–water partition coefficient (Wildman–Crippen LogP) is 3.28. The van der Waals surface area contributed by atoms with E-state index in [0.29, 0.717) is 0 Å². The van der Waals surface area contributed by atoms with Crippen molar-refractivity contribution in [2.75, 3.05) is 49.7 Å². The molecule has 0 spiro atoms. The molecule has 0 aliphatic carbocycles. The fourth-order valence-electron chi connectivity index (χ4n) is 3.80. The minimum Gasteiger partial charge on any atom is -0.378 e. The van der Waals surface area contributed by atoms with E-state index in [9.17, 15) is 0 Å². The highest BCUT2D eigenvalue weighted by atomic mass is 127. The van der Waals surface area contributed by atoms with E-state index in [-0.39, 0.29) is 24.0 Å². The van der Waals surface area contributed by atoms with Crippen LogP contribution in [0, 0.1) is 0 Å². The molecule has 2 aromatic carbocycles. The summed E-state index contributed by atoms with van der Waals surface area (Å²) in [6, 6.07) is 17.2. The summed E-state index contributed by atoms with van der Waals surface area (Å²) in [5, 5.41) is 3.57. The van der Waals surface area contributed by atoms with Gasteiger partial charge < -0.3 is 19.9 Å². The van der Waals surface area contributed by atoms with Crippen LogP contribution in [-0.4, -0.2) is 45.9 Å². The first-order valence-electron chi connectivity index (χ1n) is 9.33. The van der Waals surface area contributed by atoms with Gasteiger partial charge in [-0.3, -0.25) is 4.99 Å². The number of hydrogen-bond donors (Lipinski definition) is 1. The van der Waals surface area contributed by atoms with Crippen molar-refractivity contribution in [1.82, 2.24) is 5.32 Å². The van der Waals surface area contributed by atoms with Gasteiger partial charge in [0.05, 0.1) is 13.2 Å². The average molecular weight is 478 g/mol. The Bertz CT molecular complexity index is 789. The molecule has 0 aromatic heterocycles. The number of anilines is 2. The number of para-hydroxylation sites is 2. The summed E-state index contributed by atoms with van der Waals surface area (Å²) in [5.41, 5.74) is 5.25. The fourth-order valence-corrected chi connectivity index (χ4v) is 3.80. The van der Waals surface area contributed by atoms with E-state index in [0.717, 1.165) is 51.8 Å². The van der Waals surface area contributed by atoms with Crippen molar-refractivity contribution in [2.24, 2.45) is 4.99 Å². The van der Waals surface area contributed by atoms with Crippen LogP contribution in [0.25, 0.3) is 0 Å². The lowest BCUT2D eigenvalue weighted by molar-refractivity contribution is 0.122. The van der Waals surface area contributed by atoms with Gasteiger partial charge in [0.2, 0.25) is 0 Å². The largest absolute Gasteiger partial charge is 0.378 e. The molecule has 2 aliphatic heterocycles. The lowest BCUT2D eigenvalue weighted by atomic mass is 10.1. The average Bonchev–Trinajstić information content (AvgIpc) is 3.14. The topological polar surface area (TPSA) is 40.1 Å². The first-order chi connectivity index (χ1) is 12.9. The minimum atomic E-state index is 0. The Morgan fingerprint density at radius 2 is 1.70 bits per heavy atom. The van der Waals surface area contributed by atoms with Crippen LogP contribution in [0.5, 0.6) is 0 Å². The Morgan fingerprint density at radius 3 is 2.48 bits per heavy atom. The Labute approximate surface area is 178 Å². The van der Waals surface area contributed by atoms with Crippen LogP contribution in [0.3, 0.4) is 0 Å². The summed E-state index contributed by atoms with van der Waals surface area (Å²) < 4.78 is 5.49. The van der Waals surface area contributed by atoms with Crippen LogP contribution in [-0.2, 0) is 17.7 Å². The molecule has 0 radical (unpaired) electrons. The van der Waals surface area contributed by atoms with Crippen molar-refractivity contribution in [3.63, 3.8) is 0 Å². The molecule has 6 heteroatoms. The first-order valence-corrected chi connectivity index (χ1v) is 9.33. The number of rotatable bonds is 3. The molecule has 1 fully saturated rings. The number of guanidine groups is 1. The number of halogens is 1. The van der Waals surface area contributed by atoms with Crippen LogP contribution in [0.4, 0.5) is 11.4 Å². The molecule has 0 unspecified atom stereocenters. The Balaban J connectivity index is 0.00000210. The van der Waals surface area contributed by atoms with Crippen LogP contribution < -0.4 is 15.1 Å². The Morgan fingerprint density at radius 1 is 1.00 bits per heavy atom. The molecule has 0 atom stereocenters. The van der Waals surface area contributed by atoms with Gasteiger partial charge in [-0.15, -0.1) is 24.0 Å². The highest BCUT2D eigenvalue weighted by Gasteiger charge is 2.22. The third kappa shape index (κ3) is 4.38.